The highest BCUT2D eigenvalue weighted by molar-refractivity contribution is 5.89. The van der Waals surface area contributed by atoms with E-state index in [-0.39, 0.29) is 18.0 Å². The molecule has 2 aromatic rings. The van der Waals surface area contributed by atoms with Crippen molar-refractivity contribution in [3.8, 4) is 0 Å². The molecule has 0 saturated heterocycles. The second kappa shape index (κ2) is 7.76. The molecule has 22 heavy (non-hydrogen) atoms. The summed E-state index contributed by atoms with van der Waals surface area (Å²) < 4.78 is 5.82. The lowest BCUT2D eigenvalue weighted by Gasteiger charge is -2.27. The van der Waals surface area contributed by atoms with E-state index < -0.39 is 0 Å². The first-order chi connectivity index (χ1) is 10.6. The number of carbonyl (C=O) groups excluding carboxylic acids is 1. The molecule has 0 aromatic heterocycles. The zero-order chi connectivity index (χ0) is 15.9. The fourth-order valence-electron chi connectivity index (χ4n) is 2.58. The highest BCUT2D eigenvalue weighted by Crippen LogP contribution is 2.27. The van der Waals surface area contributed by atoms with Crippen LogP contribution in [0.15, 0.2) is 60.7 Å². The van der Waals surface area contributed by atoms with Crippen molar-refractivity contribution in [1.29, 1.82) is 0 Å². The Bertz CT molecular complexity index is 581. The molecule has 2 unspecified atom stereocenters. The van der Waals surface area contributed by atoms with Crippen molar-refractivity contribution in [2.75, 3.05) is 20.6 Å². The Labute approximate surface area is 132 Å². The smallest absolute Gasteiger partial charge is 0.338 e. The number of carbonyl (C=O) groups is 1. The van der Waals surface area contributed by atoms with E-state index in [9.17, 15) is 4.79 Å². The Kier molecular flexibility index (Phi) is 5.73. The summed E-state index contributed by atoms with van der Waals surface area (Å²) in [5.41, 5.74) is 1.61. The Hall–Kier alpha value is -2.13. The Balaban J connectivity index is 2.19. The molecule has 0 aliphatic rings. The normalized spacial score (nSPS) is 13.6. The van der Waals surface area contributed by atoms with Crippen molar-refractivity contribution < 1.29 is 9.53 Å². The maximum Gasteiger partial charge on any atom is 0.338 e. The van der Waals surface area contributed by atoms with Gasteiger partial charge >= 0.3 is 5.97 Å². The van der Waals surface area contributed by atoms with Gasteiger partial charge in [0, 0.05) is 12.5 Å². The van der Waals surface area contributed by atoms with Crippen LogP contribution in [0.25, 0.3) is 0 Å². The average Bonchev–Trinajstić information content (AvgIpc) is 2.53. The molecule has 0 spiro atoms. The second-order valence-electron chi connectivity index (χ2n) is 5.84. The maximum atomic E-state index is 12.4. The fraction of sp³-hybridized carbons (Fsp3) is 0.316. The van der Waals surface area contributed by atoms with Gasteiger partial charge in [-0.05, 0) is 31.8 Å². The molecule has 3 nitrogen and oxygen atoms in total. The SMILES string of the molecule is CC(CN(C)C)C(OC(=O)c1ccccc1)c1ccccc1. The summed E-state index contributed by atoms with van der Waals surface area (Å²) in [6, 6.07) is 19.1. The van der Waals surface area contributed by atoms with Crippen LogP contribution in [0.2, 0.25) is 0 Å². The van der Waals surface area contributed by atoms with Gasteiger partial charge in [0.15, 0.2) is 0 Å². The van der Waals surface area contributed by atoms with Crippen LogP contribution < -0.4 is 0 Å². The van der Waals surface area contributed by atoms with Gasteiger partial charge in [-0.3, -0.25) is 0 Å². The zero-order valence-corrected chi connectivity index (χ0v) is 13.4. The number of hydrogen-bond donors (Lipinski definition) is 0. The number of rotatable bonds is 6. The Morgan fingerprint density at radius 3 is 2.09 bits per heavy atom. The van der Waals surface area contributed by atoms with E-state index in [0.29, 0.717) is 5.56 Å². The molecule has 0 heterocycles. The molecule has 3 heteroatoms. The molecular weight excluding hydrogens is 274 g/mol. The lowest BCUT2D eigenvalue weighted by Crippen LogP contribution is -2.27. The van der Waals surface area contributed by atoms with Crippen molar-refractivity contribution in [3.05, 3.63) is 71.8 Å². The van der Waals surface area contributed by atoms with E-state index in [2.05, 4.69) is 11.8 Å². The summed E-state index contributed by atoms with van der Waals surface area (Å²) in [5, 5.41) is 0. The van der Waals surface area contributed by atoms with Crippen LogP contribution in [0.5, 0.6) is 0 Å². The molecular formula is C19H23NO2. The van der Waals surface area contributed by atoms with Gasteiger partial charge in [0.25, 0.3) is 0 Å². The average molecular weight is 297 g/mol. The standard InChI is InChI=1S/C19H23NO2/c1-15(14-20(2)3)18(16-10-6-4-7-11-16)22-19(21)17-12-8-5-9-13-17/h4-13,15,18H,14H2,1-3H3. The molecule has 2 aromatic carbocycles. The quantitative estimate of drug-likeness (QED) is 0.760. The minimum absolute atomic E-state index is 0.199. The lowest BCUT2D eigenvalue weighted by molar-refractivity contribution is 0.0119. The zero-order valence-electron chi connectivity index (χ0n) is 13.4. The first-order valence-corrected chi connectivity index (χ1v) is 7.53. The molecule has 116 valence electrons. The minimum atomic E-state index is -0.278. The van der Waals surface area contributed by atoms with Crippen molar-refractivity contribution in [2.45, 2.75) is 13.0 Å². The van der Waals surface area contributed by atoms with Gasteiger partial charge in [0.1, 0.15) is 6.10 Å². The van der Waals surface area contributed by atoms with Crippen molar-refractivity contribution in [1.82, 2.24) is 4.90 Å². The summed E-state index contributed by atoms with van der Waals surface area (Å²) in [5.74, 6) is -0.0786. The van der Waals surface area contributed by atoms with Gasteiger partial charge in [-0.15, -0.1) is 0 Å². The topological polar surface area (TPSA) is 29.5 Å². The van der Waals surface area contributed by atoms with Crippen molar-refractivity contribution >= 4 is 5.97 Å². The third-order valence-electron chi connectivity index (χ3n) is 3.54. The van der Waals surface area contributed by atoms with Crippen LogP contribution in [0.3, 0.4) is 0 Å². The molecule has 0 bridgehead atoms. The fourth-order valence-corrected chi connectivity index (χ4v) is 2.58. The van der Waals surface area contributed by atoms with Crippen LogP contribution in [0, 0.1) is 5.92 Å². The van der Waals surface area contributed by atoms with E-state index >= 15 is 0 Å². The van der Waals surface area contributed by atoms with Crippen LogP contribution >= 0.6 is 0 Å². The number of nitrogens with zero attached hydrogens (tertiary/aromatic N) is 1. The largest absolute Gasteiger partial charge is 0.454 e. The number of ether oxygens (including phenoxy) is 1. The van der Waals surface area contributed by atoms with Crippen molar-refractivity contribution in [2.24, 2.45) is 5.92 Å². The third kappa shape index (κ3) is 4.43. The molecule has 0 aliphatic carbocycles. The Morgan fingerprint density at radius 1 is 1.00 bits per heavy atom. The number of hydrogen-bond acceptors (Lipinski definition) is 3. The molecule has 0 saturated carbocycles. The molecule has 0 amide bonds. The van der Waals surface area contributed by atoms with Gasteiger partial charge in [-0.2, -0.15) is 0 Å². The van der Waals surface area contributed by atoms with Gasteiger partial charge in [0.05, 0.1) is 5.56 Å². The summed E-state index contributed by atoms with van der Waals surface area (Å²) in [6.45, 7) is 2.96. The summed E-state index contributed by atoms with van der Waals surface area (Å²) in [6.07, 6.45) is -0.253. The first-order valence-electron chi connectivity index (χ1n) is 7.53. The van der Waals surface area contributed by atoms with E-state index in [0.717, 1.165) is 12.1 Å². The molecule has 0 aliphatic heterocycles. The minimum Gasteiger partial charge on any atom is -0.454 e. The van der Waals surface area contributed by atoms with Crippen molar-refractivity contribution in [3.63, 3.8) is 0 Å². The highest BCUT2D eigenvalue weighted by Gasteiger charge is 2.24. The van der Waals surface area contributed by atoms with E-state index in [1.807, 2.05) is 62.6 Å². The summed E-state index contributed by atoms with van der Waals surface area (Å²) in [4.78, 5) is 14.5. The molecule has 2 rings (SSSR count). The number of esters is 1. The lowest BCUT2D eigenvalue weighted by atomic mass is 9.96. The van der Waals surface area contributed by atoms with E-state index in [4.69, 9.17) is 4.74 Å². The van der Waals surface area contributed by atoms with Crippen LogP contribution in [-0.4, -0.2) is 31.5 Å². The molecule has 0 N–H and O–H groups in total. The number of benzene rings is 2. The van der Waals surface area contributed by atoms with Gasteiger partial charge < -0.3 is 9.64 Å². The Morgan fingerprint density at radius 2 is 1.55 bits per heavy atom. The summed E-state index contributed by atoms with van der Waals surface area (Å²) in [7, 11) is 4.05. The molecule has 0 fully saturated rings. The maximum absolute atomic E-state index is 12.4. The van der Waals surface area contributed by atoms with Gasteiger partial charge in [-0.1, -0.05) is 55.5 Å². The third-order valence-corrected chi connectivity index (χ3v) is 3.54. The van der Waals surface area contributed by atoms with Gasteiger partial charge in [0.2, 0.25) is 0 Å². The molecule has 0 radical (unpaired) electrons. The molecule has 2 atom stereocenters. The highest BCUT2D eigenvalue weighted by atomic mass is 16.5. The van der Waals surface area contributed by atoms with Crippen LogP contribution in [0.4, 0.5) is 0 Å². The predicted molar refractivity (Wildman–Crippen MR) is 88.8 cm³/mol. The van der Waals surface area contributed by atoms with Gasteiger partial charge in [-0.25, -0.2) is 4.79 Å². The van der Waals surface area contributed by atoms with Crippen LogP contribution in [0.1, 0.15) is 28.9 Å². The van der Waals surface area contributed by atoms with Crippen LogP contribution in [-0.2, 0) is 4.74 Å². The van der Waals surface area contributed by atoms with E-state index in [1.165, 1.54) is 0 Å². The van der Waals surface area contributed by atoms with E-state index in [1.54, 1.807) is 12.1 Å². The monoisotopic (exact) mass is 297 g/mol. The predicted octanol–water partition coefficient (Wildman–Crippen LogP) is 3.78. The first kappa shape index (κ1) is 16.2. The summed E-state index contributed by atoms with van der Waals surface area (Å²) >= 11 is 0. The second-order valence-corrected chi connectivity index (χ2v) is 5.84.